The van der Waals surface area contributed by atoms with E-state index in [1.54, 1.807) is 45.3 Å². The Morgan fingerprint density at radius 3 is 2.45 bits per heavy atom. The first-order valence-corrected chi connectivity index (χ1v) is 7.90. The summed E-state index contributed by atoms with van der Waals surface area (Å²) in [6, 6.07) is 6.62. The molecule has 0 aliphatic carbocycles. The molecular weight excluding hydrogens is 280 g/mol. The highest BCUT2D eigenvalue weighted by atomic mass is 32.2. The maximum absolute atomic E-state index is 12.1. The van der Waals surface area contributed by atoms with Gasteiger partial charge >= 0.3 is 0 Å². The van der Waals surface area contributed by atoms with Gasteiger partial charge in [-0.1, -0.05) is 0 Å². The van der Waals surface area contributed by atoms with Gasteiger partial charge in [-0.25, -0.2) is 8.42 Å². The van der Waals surface area contributed by atoms with Crippen LogP contribution in [0.1, 0.15) is 6.92 Å². The Labute approximate surface area is 120 Å². The molecule has 0 spiro atoms. The van der Waals surface area contributed by atoms with Crippen molar-refractivity contribution in [1.29, 1.82) is 0 Å². The molecule has 7 heteroatoms. The SMILES string of the molecule is COCC(C)N(C)S(=O)(=O)CCOc1ccc(N)cc1. The third-order valence-corrected chi connectivity index (χ3v) is 4.88. The standard InChI is InChI=1S/C13H22N2O4S/c1-11(10-18-3)15(2)20(16,17)9-8-19-13-6-4-12(14)5-7-13/h4-7,11H,8-10,14H2,1-3H3. The maximum Gasteiger partial charge on any atom is 0.217 e. The molecule has 2 N–H and O–H groups in total. The van der Waals surface area contributed by atoms with Gasteiger partial charge in [-0.3, -0.25) is 0 Å². The van der Waals surface area contributed by atoms with Crippen LogP contribution in [0.3, 0.4) is 0 Å². The zero-order valence-corrected chi connectivity index (χ0v) is 12.9. The van der Waals surface area contributed by atoms with Crippen molar-refractivity contribution in [3.05, 3.63) is 24.3 Å². The lowest BCUT2D eigenvalue weighted by atomic mass is 10.3. The molecule has 0 heterocycles. The van der Waals surface area contributed by atoms with Gasteiger partial charge in [0.1, 0.15) is 12.4 Å². The van der Waals surface area contributed by atoms with E-state index < -0.39 is 10.0 Å². The van der Waals surface area contributed by atoms with E-state index in [4.69, 9.17) is 15.2 Å². The van der Waals surface area contributed by atoms with Crippen molar-refractivity contribution in [2.45, 2.75) is 13.0 Å². The zero-order valence-electron chi connectivity index (χ0n) is 12.1. The lowest BCUT2D eigenvalue weighted by molar-refractivity contribution is 0.149. The third kappa shape index (κ3) is 4.99. The van der Waals surface area contributed by atoms with E-state index >= 15 is 0 Å². The van der Waals surface area contributed by atoms with Crippen molar-refractivity contribution >= 4 is 15.7 Å². The lowest BCUT2D eigenvalue weighted by Gasteiger charge is -2.23. The summed E-state index contributed by atoms with van der Waals surface area (Å²) >= 11 is 0. The first-order chi connectivity index (χ1) is 9.36. The van der Waals surface area contributed by atoms with Crippen LogP contribution in [0.25, 0.3) is 0 Å². The first kappa shape index (κ1) is 16.7. The van der Waals surface area contributed by atoms with Crippen LogP contribution in [-0.2, 0) is 14.8 Å². The van der Waals surface area contributed by atoms with Crippen LogP contribution < -0.4 is 10.5 Å². The summed E-state index contributed by atoms with van der Waals surface area (Å²) in [5.74, 6) is 0.518. The molecule has 0 aliphatic heterocycles. The number of nitrogen functional groups attached to an aromatic ring is 1. The largest absolute Gasteiger partial charge is 0.492 e. The molecule has 0 saturated heterocycles. The Bertz CT molecular complexity index is 502. The lowest BCUT2D eigenvalue weighted by Crippen LogP contribution is -2.40. The Morgan fingerprint density at radius 1 is 1.30 bits per heavy atom. The van der Waals surface area contributed by atoms with Crippen molar-refractivity contribution < 1.29 is 17.9 Å². The van der Waals surface area contributed by atoms with E-state index in [0.717, 1.165) is 0 Å². The number of hydrogen-bond acceptors (Lipinski definition) is 5. The summed E-state index contributed by atoms with van der Waals surface area (Å²) in [5.41, 5.74) is 6.19. The fourth-order valence-electron chi connectivity index (χ4n) is 1.59. The smallest absolute Gasteiger partial charge is 0.217 e. The Balaban J connectivity index is 2.49. The second-order valence-corrected chi connectivity index (χ2v) is 6.70. The Morgan fingerprint density at radius 2 is 1.90 bits per heavy atom. The number of benzene rings is 1. The second-order valence-electron chi connectivity index (χ2n) is 4.55. The van der Waals surface area contributed by atoms with E-state index in [2.05, 4.69) is 0 Å². The number of ether oxygens (including phenoxy) is 2. The molecule has 6 nitrogen and oxygen atoms in total. The van der Waals surface area contributed by atoms with E-state index in [1.807, 2.05) is 0 Å². The van der Waals surface area contributed by atoms with Crippen LogP contribution in [0.15, 0.2) is 24.3 Å². The Hall–Kier alpha value is -1.31. The van der Waals surface area contributed by atoms with Crippen LogP contribution in [0, 0.1) is 0 Å². The van der Waals surface area contributed by atoms with Crippen molar-refractivity contribution in [3.8, 4) is 5.75 Å². The average Bonchev–Trinajstić information content (AvgIpc) is 2.40. The highest BCUT2D eigenvalue weighted by Gasteiger charge is 2.23. The number of nitrogens with zero attached hydrogens (tertiary/aromatic N) is 1. The van der Waals surface area contributed by atoms with E-state index in [-0.39, 0.29) is 18.4 Å². The summed E-state index contributed by atoms with van der Waals surface area (Å²) in [6.45, 7) is 2.24. The minimum Gasteiger partial charge on any atom is -0.492 e. The number of anilines is 1. The molecule has 0 aliphatic rings. The summed E-state index contributed by atoms with van der Waals surface area (Å²) in [7, 11) is -0.270. The molecule has 1 unspecified atom stereocenters. The summed E-state index contributed by atoms with van der Waals surface area (Å²) < 4.78 is 35.8. The van der Waals surface area contributed by atoms with Crippen LogP contribution >= 0.6 is 0 Å². The zero-order chi connectivity index (χ0) is 15.2. The normalized spacial score (nSPS) is 13.4. The molecule has 0 saturated carbocycles. The maximum atomic E-state index is 12.1. The van der Waals surface area contributed by atoms with E-state index in [9.17, 15) is 8.42 Å². The monoisotopic (exact) mass is 302 g/mol. The fourth-order valence-corrected chi connectivity index (χ4v) is 2.78. The highest BCUT2D eigenvalue weighted by molar-refractivity contribution is 7.89. The topological polar surface area (TPSA) is 81.9 Å². The predicted octanol–water partition coefficient (Wildman–Crippen LogP) is 0.944. The Kier molecular flexibility index (Phi) is 6.25. The minimum atomic E-state index is -3.36. The van der Waals surface area contributed by atoms with Crippen molar-refractivity contribution in [2.24, 2.45) is 0 Å². The molecule has 0 radical (unpaired) electrons. The quantitative estimate of drug-likeness (QED) is 0.723. The fraction of sp³-hybridized carbons (Fsp3) is 0.538. The van der Waals surface area contributed by atoms with Gasteiger partial charge in [0, 0.05) is 25.9 Å². The average molecular weight is 302 g/mol. The van der Waals surface area contributed by atoms with Crippen molar-refractivity contribution in [2.75, 3.05) is 38.9 Å². The number of sulfonamides is 1. The van der Waals surface area contributed by atoms with Gasteiger partial charge < -0.3 is 15.2 Å². The summed E-state index contributed by atoms with van der Waals surface area (Å²) in [5, 5.41) is 0. The van der Waals surface area contributed by atoms with Gasteiger partial charge in [-0.15, -0.1) is 0 Å². The molecule has 1 atom stereocenters. The predicted molar refractivity (Wildman–Crippen MR) is 79.2 cm³/mol. The molecule has 1 rings (SSSR count). The van der Waals surface area contributed by atoms with Crippen LogP contribution in [0.4, 0.5) is 5.69 Å². The van der Waals surface area contributed by atoms with E-state index in [0.29, 0.717) is 18.0 Å². The van der Waals surface area contributed by atoms with Crippen LogP contribution in [0.5, 0.6) is 5.75 Å². The third-order valence-electron chi connectivity index (χ3n) is 2.96. The molecule has 1 aromatic carbocycles. The van der Waals surface area contributed by atoms with Gasteiger partial charge in [0.05, 0.1) is 12.4 Å². The number of nitrogens with two attached hydrogens (primary N) is 1. The van der Waals surface area contributed by atoms with Gasteiger partial charge in [-0.05, 0) is 31.2 Å². The van der Waals surface area contributed by atoms with Gasteiger partial charge in [0.25, 0.3) is 0 Å². The highest BCUT2D eigenvalue weighted by Crippen LogP contribution is 2.13. The molecular formula is C13H22N2O4S. The first-order valence-electron chi connectivity index (χ1n) is 6.30. The summed E-state index contributed by atoms with van der Waals surface area (Å²) in [4.78, 5) is 0. The van der Waals surface area contributed by atoms with Crippen molar-refractivity contribution in [3.63, 3.8) is 0 Å². The van der Waals surface area contributed by atoms with Gasteiger partial charge in [-0.2, -0.15) is 4.31 Å². The molecule has 1 aromatic rings. The van der Waals surface area contributed by atoms with Crippen LogP contribution in [0.2, 0.25) is 0 Å². The van der Waals surface area contributed by atoms with Crippen LogP contribution in [-0.4, -0.2) is 51.9 Å². The molecule has 0 bridgehead atoms. The second kappa shape index (κ2) is 7.47. The van der Waals surface area contributed by atoms with E-state index in [1.165, 1.54) is 4.31 Å². The molecule has 20 heavy (non-hydrogen) atoms. The van der Waals surface area contributed by atoms with Crippen molar-refractivity contribution in [1.82, 2.24) is 4.31 Å². The van der Waals surface area contributed by atoms with Gasteiger partial charge in [0.2, 0.25) is 10.0 Å². The number of rotatable bonds is 8. The molecule has 114 valence electrons. The number of hydrogen-bond donors (Lipinski definition) is 1. The minimum absolute atomic E-state index is 0.0814. The van der Waals surface area contributed by atoms with Gasteiger partial charge in [0.15, 0.2) is 0 Å². The molecule has 0 fully saturated rings. The molecule has 0 aromatic heterocycles. The molecule has 0 amide bonds. The number of likely N-dealkylation sites (N-methyl/N-ethyl adjacent to an activating group) is 1. The summed E-state index contributed by atoms with van der Waals surface area (Å²) in [6.07, 6.45) is 0. The number of methoxy groups -OCH3 is 1.